The SMILES string of the molecule is O=C(CCc1c[nH]cn1)N[C@@H](CC1CCCCC1)[C@@H](O)[C@@H](O)c1ccccc1. The number of imidazole rings is 1. The minimum Gasteiger partial charge on any atom is -0.388 e. The zero-order valence-electron chi connectivity index (χ0n) is 16.3. The van der Waals surface area contributed by atoms with Crippen molar-refractivity contribution in [3.63, 3.8) is 0 Å². The smallest absolute Gasteiger partial charge is 0.220 e. The Balaban J connectivity index is 1.63. The second-order valence-corrected chi connectivity index (χ2v) is 7.82. The highest BCUT2D eigenvalue weighted by molar-refractivity contribution is 5.76. The second kappa shape index (κ2) is 10.4. The van der Waals surface area contributed by atoms with Crippen LogP contribution in [0.1, 0.15) is 62.3 Å². The number of rotatable bonds is 9. The molecule has 6 nitrogen and oxygen atoms in total. The van der Waals surface area contributed by atoms with Crippen LogP contribution in [0, 0.1) is 5.92 Å². The third-order valence-electron chi connectivity index (χ3n) is 5.70. The molecule has 0 saturated heterocycles. The minimum absolute atomic E-state index is 0.122. The molecule has 2 aromatic rings. The van der Waals surface area contributed by atoms with Crippen LogP contribution < -0.4 is 5.32 Å². The number of H-pyrrole nitrogens is 1. The summed E-state index contributed by atoms with van der Waals surface area (Å²) in [4.78, 5) is 19.5. The minimum atomic E-state index is -1.04. The molecule has 0 aliphatic heterocycles. The number of carbonyl (C=O) groups is 1. The van der Waals surface area contributed by atoms with Crippen LogP contribution in [-0.2, 0) is 11.2 Å². The lowest BCUT2D eigenvalue weighted by atomic mass is 9.82. The molecule has 1 aromatic carbocycles. The van der Waals surface area contributed by atoms with E-state index < -0.39 is 18.2 Å². The van der Waals surface area contributed by atoms with Crippen molar-refractivity contribution in [1.82, 2.24) is 15.3 Å². The van der Waals surface area contributed by atoms with Gasteiger partial charge in [0.15, 0.2) is 0 Å². The van der Waals surface area contributed by atoms with E-state index in [1.807, 2.05) is 18.2 Å². The number of aromatic amines is 1. The molecule has 0 radical (unpaired) electrons. The van der Waals surface area contributed by atoms with Crippen LogP contribution >= 0.6 is 0 Å². The van der Waals surface area contributed by atoms with Gasteiger partial charge in [-0.2, -0.15) is 0 Å². The van der Waals surface area contributed by atoms with Crippen LogP contribution in [0.2, 0.25) is 0 Å². The molecule has 0 bridgehead atoms. The highest BCUT2D eigenvalue weighted by Gasteiger charge is 2.31. The molecule has 1 fully saturated rings. The zero-order chi connectivity index (χ0) is 19.8. The number of aryl methyl sites for hydroxylation is 1. The normalized spacial score (nSPS) is 18.4. The number of aromatic nitrogens is 2. The molecule has 1 aliphatic carbocycles. The largest absolute Gasteiger partial charge is 0.388 e. The molecule has 1 aliphatic rings. The van der Waals surface area contributed by atoms with Crippen molar-refractivity contribution >= 4 is 5.91 Å². The van der Waals surface area contributed by atoms with Gasteiger partial charge in [0.2, 0.25) is 5.91 Å². The maximum absolute atomic E-state index is 12.5. The number of amides is 1. The van der Waals surface area contributed by atoms with Crippen LogP contribution in [-0.4, -0.2) is 38.2 Å². The second-order valence-electron chi connectivity index (χ2n) is 7.82. The van der Waals surface area contributed by atoms with Crippen molar-refractivity contribution in [2.75, 3.05) is 0 Å². The van der Waals surface area contributed by atoms with E-state index in [4.69, 9.17) is 0 Å². The molecule has 4 N–H and O–H groups in total. The Morgan fingerprint density at radius 3 is 2.61 bits per heavy atom. The Morgan fingerprint density at radius 2 is 1.93 bits per heavy atom. The van der Waals surface area contributed by atoms with E-state index in [0.717, 1.165) is 18.5 Å². The molecule has 3 rings (SSSR count). The van der Waals surface area contributed by atoms with Gasteiger partial charge in [0, 0.05) is 12.6 Å². The quantitative estimate of drug-likeness (QED) is 0.533. The lowest BCUT2D eigenvalue weighted by Crippen LogP contribution is -2.47. The summed E-state index contributed by atoms with van der Waals surface area (Å²) >= 11 is 0. The average Bonchev–Trinajstić information content (AvgIpc) is 3.26. The van der Waals surface area contributed by atoms with Crippen LogP contribution in [0.4, 0.5) is 0 Å². The molecule has 6 heteroatoms. The van der Waals surface area contributed by atoms with Crippen LogP contribution in [0.15, 0.2) is 42.9 Å². The highest BCUT2D eigenvalue weighted by Crippen LogP contribution is 2.30. The summed E-state index contributed by atoms with van der Waals surface area (Å²) in [5, 5.41) is 24.5. The Bertz CT molecular complexity index is 699. The maximum atomic E-state index is 12.5. The van der Waals surface area contributed by atoms with Gasteiger partial charge in [-0.25, -0.2) is 4.98 Å². The summed E-state index contributed by atoms with van der Waals surface area (Å²) in [6, 6.07) is 8.67. The molecule has 1 heterocycles. The Kier molecular flexibility index (Phi) is 7.62. The number of hydrogen-bond donors (Lipinski definition) is 4. The van der Waals surface area contributed by atoms with Crippen molar-refractivity contribution in [3.8, 4) is 0 Å². The van der Waals surface area contributed by atoms with Gasteiger partial charge in [0.05, 0.1) is 18.1 Å². The van der Waals surface area contributed by atoms with Crippen LogP contribution in [0.3, 0.4) is 0 Å². The monoisotopic (exact) mass is 385 g/mol. The summed E-state index contributed by atoms with van der Waals surface area (Å²) in [7, 11) is 0. The first-order valence-electron chi connectivity index (χ1n) is 10.3. The van der Waals surface area contributed by atoms with Crippen LogP contribution in [0.25, 0.3) is 0 Å². The predicted octanol–water partition coefficient (Wildman–Crippen LogP) is 2.89. The van der Waals surface area contributed by atoms with Gasteiger partial charge < -0.3 is 20.5 Å². The summed E-state index contributed by atoms with van der Waals surface area (Å²) in [5.41, 5.74) is 1.50. The molecule has 28 heavy (non-hydrogen) atoms. The van der Waals surface area contributed by atoms with E-state index in [1.165, 1.54) is 19.3 Å². The third kappa shape index (κ3) is 5.91. The van der Waals surface area contributed by atoms with E-state index in [-0.39, 0.29) is 5.91 Å². The third-order valence-corrected chi connectivity index (χ3v) is 5.70. The number of aliphatic hydroxyl groups excluding tert-OH is 2. The average molecular weight is 386 g/mol. The number of nitrogens with zero attached hydrogens (tertiary/aromatic N) is 1. The lowest BCUT2D eigenvalue weighted by Gasteiger charge is -2.32. The first-order valence-corrected chi connectivity index (χ1v) is 10.3. The van der Waals surface area contributed by atoms with Crippen LogP contribution in [0.5, 0.6) is 0 Å². The number of hydrogen-bond acceptors (Lipinski definition) is 4. The molecular weight excluding hydrogens is 354 g/mol. The number of carbonyl (C=O) groups excluding carboxylic acids is 1. The van der Waals surface area contributed by atoms with Crippen molar-refractivity contribution in [1.29, 1.82) is 0 Å². The standard InChI is InChI=1S/C22H31N3O3/c26-20(12-11-18-14-23-15-24-18)25-19(13-16-7-3-1-4-8-16)22(28)21(27)17-9-5-2-6-10-17/h2,5-6,9-10,14-16,19,21-22,27-28H,1,3-4,7-8,11-13H2,(H,23,24)(H,25,26)/t19-,21-,22+/m0/s1. The Morgan fingerprint density at radius 1 is 1.18 bits per heavy atom. The van der Waals surface area contributed by atoms with Gasteiger partial charge in [-0.05, 0) is 24.3 Å². The Hall–Kier alpha value is -2.18. The molecule has 3 atom stereocenters. The number of nitrogens with one attached hydrogen (secondary N) is 2. The maximum Gasteiger partial charge on any atom is 0.220 e. The van der Waals surface area contributed by atoms with E-state index >= 15 is 0 Å². The summed E-state index contributed by atoms with van der Waals surface area (Å²) < 4.78 is 0. The van der Waals surface area contributed by atoms with E-state index in [0.29, 0.717) is 30.7 Å². The van der Waals surface area contributed by atoms with Gasteiger partial charge in [-0.1, -0.05) is 62.4 Å². The zero-order valence-corrected chi connectivity index (χ0v) is 16.3. The Labute approximate surface area is 166 Å². The lowest BCUT2D eigenvalue weighted by molar-refractivity contribution is -0.123. The number of aliphatic hydroxyl groups is 2. The highest BCUT2D eigenvalue weighted by atomic mass is 16.3. The van der Waals surface area contributed by atoms with Crippen molar-refractivity contribution in [2.45, 2.75) is 69.6 Å². The first-order chi connectivity index (χ1) is 13.6. The van der Waals surface area contributed by atoms with Crippen molar-refractivity contribution < 1.29 is 15.0 Å². The summed E-state index contributed by atoms with van der Waals surface area (Å²) in [6.45, 7) is 0. The van der Waals surface area contributed by atoms with Crippen molar-refractivity contribution in [2.24, 2.45) is 5.92 Å². The molecule has 152 valence electrons. The molecule has 0 spiro atoms. The molecular formula is C22H31N3O3. The molecule has 1 saturated carbocycles. The molecule has 0 unspecified atom stereocenters. The fourth-order valence-corrected chi connectivity index (χ4v) is 4.08. The molecule has 1 amide bonds. The van der Waals surface area contributed by atoms with E-state index in [1.54, 1.807) is 24.7 Å². The molecule has 1 aromatic heterocycles. The van der Waals surface area contributed by atoms with Gasteiger partial charge in [-0.15, -0.1) is 0 Å². The summed E-state index contributed by atoms with van der Waals surface area (Å²) in [6.07, 6.45) is 8.74. The topological polar surface area (TPSA) is 98.2 Å². The first kappa shape index (κ1) is 20.6. The predicted molar refractivity (Wildman–Crippen MR) is 107 cm³/mol. The fraction of sp³-hybridized carbons (Fsp3) is 0.545. The van der Waals surface area contributed by atoms with Gasteiger partial charge in [0.25, 0.3) is 0 Å². The fourth-order valence-electron chi connectivity index (χ4n) is 4.08. The number of benzene rings is 1. The van der Waals surface area contributed by atoms with E-state index in [9.17, 15) is 15.0 Å². The van der Waals surface area contributed by atoms with Gasteiger partial charge in [-0.3, -0.25) is 4.79 Å². The van der Waals surface area contributed by atoms with E-state index in [2.05, 4.69) is 15.3 Å². The summed E-state index contributed by atoms with van der Waals surface area (Å²) in [5.74, 6) is 0.353. The van der Waals surface area contributed by atoms with Crippen molar-refractivity contribution in [3.05, 3.63) is 54.1 Å². The van der Waals surface area contributed by atoms with Gasteiger partial charge >= 0.3 is 0 Å². The van der Waals surface area contributed by atoms with Gasteiger partial charge in [0.1, 0.15) is 12.2 Å².